The van der Waals surface area contributed by atoms with Crippen LogP contribution in [0.15, 0.2) is 18.2 Å². The Morgan fingerprint density at radius 3 is 2.39 bits per heavy atom. The number of fused-ring (bicyclic) bond motifs is 1. The summed E-state index contributed by atoms with van der Waals surface area (Å²) >= 11 is 0. The number of Topliss-reactive ketones (excluding diaryl/α,β-unsaturated/α-hetero) is 2. The van der Waals surface area contributed by atoms with E-state index in [1.54, 1.807) is 18.2 Å². The van der Waals surface area contributed by atoms with E-state index in [1.165, 1.54) is 0 Å². The number of piperidine rings is 1. The first-order valence-corrected chi connectivity index (χ1v) is 14.3. The molecule has 2 amide bonds. The van der Waals surface area contributed by atoms with Crippen molar-refractivity contribution < 1.29 is 28.7 Å². The molecule has 4 aliphatic rings. The zero-order valence-corrected chi connectivity index (χ0v) is 22.1. The highest BCUT2D eigenvalue weighted by molar-refractivity contribution is 6.23. The topological polar surface area (TPSA) is 105 Å². The maximum atomic E-state index is 13.1. The maximum absolute atomic E-state index is 13.1. The van der Waals surface area contributed by atoms with Gasteiger partial charge < -0.3 is 19.7 Å². The number of unbranched alkanes of at least 4 members (excludes halogenated alkanes) is 2. The number of benzene rings is 1. The van der Waals surface area contributed by atoms with E-state index in [9.17, 15) is 19.2 Å². The van der Waals surface area contributed by atoms with Gasteiger partial charge in [0.2, 0.25) is 0 Å². The Labute approximate surface area is 224 Å². The minimum atomic E-state index is -0.866. The van der Waals surface area contributed by atoms with Gasteiger partial charge in [0, 0.05) is 45.4 Å². The van der Waals surface area contributed by atoms with E-state index in [4.69, 9.17) is 9.47 Å². The van der Waals surface area contributed by atoms with Gasteiger partial charge in [-0.3, -0.25) is 24.1 Å². The molecule has 1 atom stereocenters. The summed E-state index contributed by atoms with van der Waals surface area (Å²) in [5.41, 5.74) is 0.566. The van der Waals surface area contributed by atoms with Crippen LogP contribution in [-0.2, 0) is 14.3 Å². The number of hydrogen-bond acceptors (Lipinski definition) is 8. The Hall–Kier alpha value is -2.62. The van der Waals surface area contributed by atoms with Crippen LogP contribution in [0.2, 0.25) is 0 Å². The minimum Gasteiger partial charge on any atom is -0.494 e. The summed E-state index contributed by atoms with van der Waals surface area (Å²) in [5.74, 6) is -0.452. The number of carbonyl (C=O) groups is 4. The highest BCUT2D eigenvalue weighted by Gasteiger charge is 2.43. The third kappa shape index (κ3) is 6.33. The monoisotopic (exact) mass is 525 g/mol. The number of ketones is 2. The quantitative estimate of drug-likeness (QED) is 0.367. The van der Waals surface area contributed by atoms with E-state index in [-0.39, 0.29) is 36.4 Å². The summed E-state index contributed by atoms with van der Waals surface area (Å²) in [6.45, 7) is 5.82. The molecule has 0 bridgehead atoms. The lowest BCUT2D eigenvalue weighted by Gasteiger charge is -2.36. The highest BCUT2D eigenvalue weighted by Crippen LogP contribution is 2.31. The summed E-state index contributed by atoms with van der Waals surface area (Å²) in [4.78, 5) is 54.3. The lowest BCUT2D eigenvalue weighted by Crippen LogP contribution is -2.51. The van der Waals surface area contributed by atoms with Gasteiger partial charge in [-0.1, -0.05) is 0 Å². The van der Waals surface area contributed by atoms with Gasteiger partial charge in [-0.2, -0.15) is 0 Å². The van der Waals surface area contributed by atoms with Crippen molar-refractivity contribution in [2.45, 2.75) is 82.5 Å². The van der Waals surface area contributed by atoms with Crippen molar-refractivity contribution in [3.05, 3.63) is 29.3 Å². The van der Waals surface area contributed by atoms with Crippen LogP contribution in [0.25, 0.3) is 0 Å². The molecule has 9 nitrogen and oxygen atoms in total. The van der Waals surface area contributed by atoms with Gasteiger partial charge in [-0.05, 0) is 69.7 Å². The molecule has 1 N–H and O–H groups in total. The van der Waals surface area contributed by atoms with Crippen molar-refractivity contribution >= 4 is 23.4 Å². The number of nitrogens with one attached hydrogen (secondary N) is 1. The van der Waals surface area contributed by atoms with E-state index < -0.39 is 17.9 Å². The zero-order valence-electron chi connectivity index (χ0n) is 22.1. The van der Waals surface area contributed by atoms with Crippen molar-refractivity contribution in [1.82, 2.24) is 15.1 Å². The van der Waals surface area contributed by atoms with Crippen molar-refractivity contribution in [2.24, 2.45) is 0 Å². The maximum Gasteiger partial charge on any atom is 0.262 e. The average molecular weight is 526 g/mol. The van der Waals surface area contributed by atoms with Crippen molar-refractivity contribution in [1.29, 1.82) is 0 Å². The molecular formula is C29H39N3O6. The Morgan fingerprint density at radius 1 is 0.842 bits per heavy atom. The van der Waals surface area contributed by atoms with Crippen LogP contribution < -0.4 is 10.1 Å². The summed E-state index contributed by atoms with van der Waals surface area (Å²) in [7, 11) is 0. The molecule has 0 aromatic heterocycles. The van der Waals surface area contributed by atoms with Crippen molar-refractivity contribution in [3.8, 4) is 5.75 Å². The molecule has 1 aromatic carbocycles. The molecule has 1 saturated carbocycles. The van der Waals surface area contributed by atoms with E-state index in [2.05, 4.69) is 10.2 Å². The SMILES string of the molecule is O=C1CCCC(=O)C(N2C(=O)c3ccc(OCCCCCN4CCC(OC5CNC5)CC4)cc3C2=O)CC1. The number of hydrogen-bond donors (Lipinski definition) is 1. The molecule has 0 radical (unpaired) electrons. The predicted octanol–water partition coefficient (Wildman–Crippen LogP) is 2.76. The Balaban J connectivity index is 1.04. The normalized spacial score (nSPS) is 23.8. The van der Waals surface area contributed by atoms with E-state index in [0.29, 0.717) is 43.0 Å². The molecule has 9 heteroatoms. The van der Waals surface area contributed by atoms with E-state index in [0.717, 1.165) is 69.7 Å². The van der Waals surface area contributed by atoms with Gasteiger partial charge in [0.15, 0.2) is 5.78 Å². The van der Waals surface area contributed by atoms with Crippen molar-refractivity contribution in [2.75, 3.05) is 39.3 Å². The second-order valence-corrected chi connectivity index (χ2v) is 11.0. The molecule has 1 aliphatic carbocycles. The van der Waals surface area contributed by atoms with Crippen LogP contribution in [0, 0.1) is 0 Å². The molecule has 5 rings (SSSR count). The molecule has 1 unspecified atom stereocenters. The smallest absolute Gasteiger partial charge is 0.262 e. The number of imide groups is 1. The van der Waals surface area contributed by atoms with Crippen LogP contribution in [0.5, 0.6) is 5.75 Å². The number of amides is 2. The Kier molecular flexibility index (Phi) is 8.86. The first-order valence-electron chi connectivity index (χ1n) is 14.3. The fourth-order valence-electron chi connectivity index (χ4n) is 5.80. The van der Waals surface area contributed by atoms with Gasteiger partial charge in [-0.25, -0.2) is 0 Å². The number of carbonyl (C=O) groups excluding carboxylic acids is 4. The van der Waals surface area contributed by atoms with Gasteiger partial charge in [0.1, 0.15) is 11.5 Å². The Bertz CT molecular complexity index is 1050. The molecular weight excluding hydrogens is 486 g/mol. The molecule has 38 heavy (non-hydrogen) atoms. The summed E-state index contributed by atoms with van der Waals surface area (Å²) in [6.07, 6.45) is 7.63. The summed E-state index contributed by atoms with van der Waals surface area (Å²) in [5, 5.41) is 3.25. The van der Waals surface area contributed by atoms with Gasteiger partial charge >= 0.3 is 0 Å². The second-order valence-electron chi connectivity index (χ2n) is 11.0. The first-order chi connectivity index (χ1) is 18.5. The zero-order chi connectivity index (χ0) is 26.5. The molecule has 206 valence electrons. The Morgan fingerprint density at radius 2 is 1.63 bits per heavy atom. The number of ether oxygens (including phenoxy) is 2. The number of rotatable bonds is 10. The van der Waals surface area contributed by atoms with Crippen molar-refractivity contribution in [3.63, 3.8) is 0 Å². The van der Waals surface area contributed by atoms with Gasteiger partial charge in [0.25, 0.3) is 11.8 Å². The highest BCUT2D eigenvalue weighted by atomic mass is 16.5. The predicted molar refractivity (Wildman–Crippen MR) is 140 cm³/mol. The van der Waals surface area contributed by atoms with Crippen LogP contribution >= 0.6 is 0 Å². The summed E-state index contributed by atoms with van der Waals surface area (Å²) in [6, 6.07) is 4.07. The van der Waals surface area contributed by atoms with Gasteiger partial charge in [0.05, 0.1) is 36.0 Å². The number of likely N-dealkylation sites (tertiary alicyclic amines) is 1. The number of nitrogens with zero attached hydrogens (tertiary/aromatic N) is 2. The molecule has 3 heterocycles. The molecule has 1 aromatic rings. The van der Waals surface area contributed by atoms with E-state index >= 15 is 0 Å². The first kappa shape index (κ1) is 27.0. The van der Waals surface area contributed by atoms with Crippen LogP contribution in [-0.4, -0.2) is 90.8 Å². The third-order valence-electron chi connectivity index (χ3n) is 8.20. The average Bonchev–Trinajstić information content (AvgIpc) is 3.13. The van der Waals surface area contributed by atoms with Crippen LogP contribution in [0.1, 0.15) is 84.9 Å². The molecule has 2 saturated heterocycles. The minimum absolute atomic E-state index is 0.0751. The lowest BCUT2D eigenvalue weighted by atomic mass is 9.94. The third-order valence-corrected chi connectivity index (χ3v) is 8.20. The standard InChI is InChI=1S/C29H39N3O6/c33-20-5-4-6-27(34)26(10-7-20)32-28(35)24-9-8-22(17-25(24)29(32)36)37-16-3-1-2-13-31-14-11-21(12-15-31)38-23-18-30-19-23/h8-9,17,21,23,26,30H,1-7,10-16,18-19H2. The largest absolute Gasteiger partial charge is 0.494 e. The fraction of sp³-hybridized carbons (Fsp3) is 0.655. The fourth-order valence-corrected chi connectivity index (χ4v) is 5.80. The lowest BCUT2D eigenvalue weighted by molar-refractivity contribution is -0.125. The molecule has 3 fully saturated rings. The van der Waals surface area contributed by atoms with E-state index in [1.807, 2.05) is 0 Å². The summed E-state index contributed by atoms with van der Waals surface area (Å²) < 4.78 is 12.0. The molecule has 0 spiro atoms. The second kappa shape index (κ2) is 12.5. The van der Waals surface area contributed by atoms with Crippen LogP contribution in [0.3, 0.4) is 0 Å². The van der Waals surface area contributed by atoms with Gasteiger partial charge in [-0.15, -0.1) is 0 Å². The van der Waals surface area contributed by atoms with Crippen LogP contribution in [0.4, 0.5) is 0 Å². The molecule has 3 aliphatic heterocycles.